The normalized spacial score (nSPS) is 21.9. The second-order valence-electron chi connectivity index (χ2n) is 6.26. The fraction of sp³-hybridized carbons (Fsp3) is 0.562. The second kappa shape index (κ2) is 9.09. The van der Waals surface area contributed by atoms with Gasteiger partial charge in [-0.3, -0.25) is 4.79 Å². The molecule has 2 aliphatic heterocycles. The molecular weight excluding hydrogens is 385 g/mol. The molecule has 0 bridgehead atoms. The molecule has 0 saturated carbocycles. The number of likely N-dealkylation sites (tertiary alicyclic amines) is 1. The van der Waals surface area contributed by atoms with Crippen LogP contribution >= 0.6 is 12.4 Å². The van der Waals surface area contributed by atoms with Crippen molar-refractivity contribution in [2.75, 3.05) is 32.8 Å². The molecule has 146 valence electrons. The summed E-state index contributed by atoms with van der Waals surface area (Å²) in [5, 5.41) is 3.13. The van der Waals surface area contributed by atoms with Crippen molar-refractivity contribution in [3.63, 3.8) is 0 Å². The third-order valence-corrected chi connectivity index (χ3v) is 6.01. The Morgan fingerprint density at radius 3 is 2.46 bits per heavy atom. The predicted octanol–water partition coefficient (Wildman–Crippen LogP) is 0.505. The number of carbonyl (C=O) groups is 1. The lowest BCUT2D eigenvalue weighted by atomic mass is 10.1. The number of benzene rings is 1. The lowest BCUT2D eigenvalue weighted by molar-refractivity contribution is -0.137. The van der Waals surface area contributed by atoms with E-state index in [0.717, 1.165) is 12.1 Å². The standard InChI is InChI=1S/C16H22FN3O4S.ClH/c17-12-1-3-14(4-2-12)25(22,23)19-13-5-8-20(9-6-13)16(21)15-11-24-10-7-18-15;/h1-4,13,15,18-19H,5-11H2;1H. The third kappa shape index (κ3) is 5.14. The number of ether oxygens (including phenoxy) is 1. The number of hydrogen-bond donors (Lipinski definition) is 2. The van der Waals surface area contributed by atoms with Gasteiger partial charge in [0.05, 0.1) is 18.1 Å². The smallest absolute Gasteiger partial charge is 0.242 e. The van der Waals surface area contributed by atoms with Crippen LogP contribution < -0.4 is 10.0 Å². The maximum atomic E-state index is 12.9. The van der Waals surface area contributed by atoms with Crippen LogP contribution in [0.5, 0.6) is 0 Å². The Morgan fingerprint density at radius 1 is 1.23 bits per heavy atom. The Kier molecular flexibility index (Phi) is 7.36. The van der Waals surface area contributed by atoms with E-state index in [1.54, 1.807) is 4.90 Å². The van der Waals surface area contributed by atoms with Crippen LogP contribution in [-0.4, -0.2) is 64.2 Å². The van der Waals surface area contributed by atoms with E-state index in [9.17, 15) is 17.6 Å². The first-order chi connectivity index (χ1) is 12.0. The van der Waals surface area contributed by atoms with Crippen LogP contribution in [0, 0.1) is 5.82 Å². The van der Waals surface area contributed by atoms with Crippen molar-refractivity contribution in [3.05, 3.63) is 30.1 Å². The zero-order valence-corrected chi connectivity index (χ0v) is 15.8. The molecule has 0 aliphatic carbocycles. The molecule has 0 spiro atoms. The highest BCUT2D eigenvalue weighted by Gasteiger charge is 2.31. The minimum atomic E-state index is -3.69. The Bertz CT molecular complexity index is 703. The number of morpholine rings is 1. The summed E-state index contributed by atoms with van der Waals surface area (Å²) in [4.78, 5) is 14.2. The molecule has 0 radical (unpaired) electrons. The van der Waals surface area contributed by atoms with Crippen molar-refractivity contribution in [1.82, 2.24) is 14.9 Å². The maximum Gasteiger partial charge on any atom is 0.242 e. The van der Waals surface area contributed by atoms with Crippen LogP contribution in [0.4, 0.5) is 4.39 Å². The quantitative estimate of drug-likeness (QED) is 0.759. The van der Waals surface area contributed by atoms with Crippen LogP contribution in [-0.2, 0) is 19.6 Å². The van der Waals surface area contributed by atoms with Gasteiger partial charge in [-0.1, -0.05) is 0 Å². The molecule has 0 aromatic heterocycles. The fourth-order valence-corrected chi connectivity index (χ4v) is 4.37. The van der Waals surface area contributed by atoms with E-state index < -0.39 is 15.8 Å². The molecule has 2 fully saturated rings. The van der Waals surface area contributed by atoms with Gasteiger partial charge in [0.1, 0.15) is 11.9 Å². The minimum Gasteiger partial charge on any atom is -0.378 e. The second-order valence-corrected chi connectivity index (χ2v) is 7.97. The van der Waals surface area contributed by atoms with E-state index in [1.807, 2.05) is 0 Å². The van der Waals surface area contributed by atoms with Crippen molar-refractivity contribution >= 4 is 28.3 Å². The molecule has 2 N–H and O–H groups in total. The van der Waals surface area contributed by atoms with Gasteiger partial charge < -0.3 is 15.0 Å². The first kappa shape index (κ1) is 21.0. The van der Waals surface area contributed by atoms with Crippen molar-refractivity contribution in [1.29, 1.82) is 0 Å². The third-order valence-electron chi connectivity index (χ3n) is 4.47. The SMILES string of the molecule is Cl.O=C(C1COCCN1)N1CCC(NS(=O)(=O)c2ccc(F)cc2)CC1. The van der Waals surface area contributed by atoms with Gasteiger partial charge >= 0.3 is 0 Å². The largest absolute Gasteiger partial charge is 0.378 e. The first-order valence-electron chi connectivity index (χ1n) is 8.33. The van der Waals surface area contributed by atoms with Crippen LogP contribution in [0.3, 0.4) is 0 Å². The number of nitrogens with zero attached hydrogens (tertiary/aromatic N) is 1. The molecule has 1 amide bonds. The van der Waals surface area contributed by atoms with Crippen LogP contribution in [0.15, 0.2) is 29.2 Å². The molecule has 10 heteroatoms. The molecule has 3 rings (SSSR count). The van der Waals surface area contributed by atoms with Crippen molar-refractivity contribution in [3.8, 4) is 0 Å². The van der Waals surface area contributed by atoms with Crippen LogP contribution in [0.25, 0.3) is 0 Å². The number of amides is 1. The maximum absolute atomic E-state index is 12.9. The number of sulfonamides is 1. The molecular formula is C16H23ClFN3O4S. The summed E-state index contributed by atoms with van der Waals surface area (Å²) in [5.41, 5.74) is 0. The topological polar surface area (TPSA) is 87.7 Å². The lowest BCUT2D eigenvalue weighted by Crippen LogP contribution is -2.55. The number of halogens is 2. The van der Waals surface area contributed by atoms with Gasteiger partial charge in [0, 0.05) is 25.7 Å². The van der Waals surface area contributed by atoms with Gasteiger partial charge in [-0.15, -0.1) is 12.4 Å². The Hall–Kier alpha value is -1.26. The first-order valence-corrected chi connectivity index (χ1v) is 9.82. The minimum absolute atomic E-state index is 0. The predicted molar refractivity (Wildman–Crippen MR) is 96.2 cm³/mol. The summed E-state index contributed by atoms with van der Waals surface area (Å²) in [6.45, 7) is 2.62. The molecule has 1 atom stereocenters. The van der Waals surface area contributed by atoms with E-state index in [1.165, 1.54) is 12.1 Å². The van der Waals surface area contributed by atoms with Gasteiger partial charge in [-0.2, -0.15) is 0 Å². The molecule has 7 nitrogen and oxygen atoms in total. The average Bonchev–Trinajstić information content (AvgIpc) is 2.62. The van der Waals surface area contributed by atoms with Gasteiger partial charge in [0.15, 0.2) is 0 Å². The summed E-state index contributed by atoms with van der Waals surface area (Å²) in [6, 6.07) is 4.16. The van der Waals surface area contributed by atoms with Crippen molar-refractivity contribution in [2.45, 2.75) is 29.8 Å². The van der Waals surface area contributed by atoms with Crippen LogP contribution in [0.1, 0.15) is 12.8 Å². The Balaban J connectivity index is 0.00000243. The number of rotatable bonds is 4. The van der Waals surface area contributed by atoms with E-state index in [2.05, 4.69) is 10.0 Å². The van der Waals surface area contributed by atoms with E-state index in [4.69, 9.17) is 4.74 Å². The number of carbonyl (C=O) groups excluding carboxylic acids is 1. The van der Waals surface area contributed by atoms with Gasteiger partial charge in [0.2, 0.25) is 15.9 Å². The van der Waals surface area contributed by atoms with Gasteiger partial charge in [0.25, 0.3) is 0 Å². The fourth-order valence-electron chi connectivity index (χ4n) is 3.06. The summed E-state index contributed by atoms with van der Waals surface area (Å²) in [5.74, 6) is -0.481. The van der Waals surface area contributed by atoms with Gasteiger partial charge in [-0.25, -0.2) is 17.5 Å². The monoisotopic (exact) mass is 407 g/mol. The van der Waals surface area contributed by atoms with Crippen molar-refractivity contribution in [2.24, 2.45) is 0 Å². The zero-order chi connectivity index (χ0) is 17.9. The summed E-state index contributed by atoms with van der Waals surface area (Å²) in [7, 11) is -3.69. The zero-order valence-electron chi connectivity index (χ0n) is 14.2. The van der Waals surface area contributed by atoms with E-state index >= 15 is 0 Å². The number of hydrogen-bond acceptors (Lipinski definition) is 5. The lowest BCUT2D eigenvalue weighted by Gasteiger charge is -2.35. The Labute approximate surface area is 158 Å². The highest BCUT2D eigenvalue weighted by molar-refractivity contribution is 7.89. The number of nitrogens with one attached hydrogen (secondary N) is 2. The molecule has 1 aromatic carbocycles. The summed E-state index contributed by atoms with van der Waals surface area (Å²) < 4.78 is 45.6. The van der Waals surface area contributed by atoms with E-state index in [-0.39, 0.29) is 35.3 Å². The molecule has 1 aromatic rings. The molecule has 2 saturated heterocycles. The highest BCUT2D eigenvalue weighted by atomic mass is 35.5. The molecule has 2 aliphatic rings. The van der Waals surface area contributed by atoms with E-state index in [0.29, 0.717) is 45.7 Å². The highest BCUT2D eigenvalue weighted by Crippen LogP contribution is 2.16. The van der Waals surface area contributed by atoms with Gasteiger partial charge in [-0.05, 0) is 37.1 Å². The summed E-state index contributed by atoms with van der Waals surface area (Å²) in [6.07, 6.45) is 1.08. The summed E-state index contributed by atoms with van der Waals surface area (Å²) >= 11 is 0. The molecule has 2 heterocycles. The van der Waals surface area contributed by atoms with Crippen molar-refractivity contribution < 1.29 is 22.3 Å². The van der Waals surface area contributed by atoms with Crippen LogP contribution in [0.2, 0.25) is 0 Å². The molecule has 1 unspecified atom stereocenters. The number of piperidine rings is 1. The Morgan fingerprint density at radius 2 is 1.88 bits per heavy atom. The average molecular weight is 408 g/mol. The molecule has 26 heavy (non-hydrogen) atoms.